The number of likely N-dealkylation sites (tertiary alicyclic amines) is 1. The highest BCUT2D eigenvalue weighted by molar-refractivity contribution is 6.07. The van der Waals surface area contributed by atoms with Gasteiger partial charge in [0.25, 0.3) is 17.4 Å². The number of rotatable bonds is 8. The average molecular weight is 631 g/mol. The van der Waals surface area contributed by atoms with Crippen LogP contribution >= 0.6 is 0 Å². The molecular formula is C39H42N4O4. The standard InChI is InChI=1S/C39H42N4O4/c1-7-35(44)40-34-22-26(13-18-32(34)38(47)43-19-8-9-20-43)21-28-23-29(24-42(6)37(28)46)31-11-10-12-33(25(31)2)41-36(45)27-14-16-30(17-15-27)39(3,4)5/h7,10-18,22-24H,1,8-9,19-21H2,2-6H3,(H,40,44)(H,41,45). The number of pyridine rings is 1. The van der Waals surface area contributed by atoms with E-state index in [-0.39, 0.29) is 29.2 Å². The first-order chi connectivity index (χ1) is 22.3. The van der Waals surface area contributed by atoms with Crippen molar-refractivity contribution in [3.63, 3.8) is 0 Å². The van der Waals surface area contributed by atoms with Crippen LogP contribution in [0.4, 0.5) is 11.4 Å². The first kappa shape index (κ1) is 33.1. The number of nitrogens with one attached hydrogen (secondary N) is 2. The van der Waals surface area contributed by atoms with Crippen LogP contribution in [0.3, 0.4) is 0 Å². The number of anilines is 2. The summed E-state index contributed by atoms with van der Waals surface area (Å²) in [6.45, 7) is 13.3. The molecule has 47 heavy (non-hydrogen) atoms. The quantitative estimate of drug-likeness (QED) is 0.208. The molecule has 8 nitrogen and oxygen atoms in total. The Bertz CT molecular complexity index is 1910. The molecule has 8 heteroatoms. The zero-order valence-electron chi connectivity index (χ0n) is 27.8. The fourth-order valence-corrected chi connectivity index (χ4v) is 5.94. The average Bonchev–Trinajstić information content (AvgIpc) is 3.59. The van der Waals surface area contributed by atoms with Crippen molar-refractivity contribution >= 4 is 29.1 Å². The van der Waals surface area contributed by atoms with E-state index in [9.17, 15) is 19.2 Å². The third kappa shape index (κ3) is 7.43. The molecule has 0 saturated carbocycles. The minimum atomic E-state index is -0.417. The van der Waals surface area contributed by atoms with Crippen LogP contribution in [0, 0.1) is 6.92 Å². The predicted molar refractivity (Wildman–Crippen MR) is 188 cm³/mol. The number of aromatic nitrogens is 1. The summed E-state index contributed by atoms with van der Waals surface area (Å²) in [4.78, 5) is 53.8. The Balaban J connectivity index is 1.43. The van der Waals surface area contributed by atoms with E-state index in [1.54, 1.807) is 34.8 Å². The SMILES string of the molecule is C=CC(=O)Nc1cc(Cc2cc(-c3cccc(NC(=O)c4ccc(C(C)(C)C)cc4)c3C)cn(C)c2=O)ccc1C(=O)N1CCCC1. The molecule has 1 aromatic heterocycles. The summed E-state index contributed by atoms with van der Waals surface area (Å²) in [7, 11) is 1.71. The third-order valence-corrected chi connectivity index (χ3v) is 8.71. The van der Waals surface area contributed by atoms with Gasteiger partial charge in [0.2, 0.25) is 5.91 Å². The van der Waals surface area contributed by atoms with E-state index in [0.717, 1.165) is 46.7 Å². The van der Waals surface area contributed by atoms with Crippen molar-refractivity contribution in [1.29, 1.82) is 0 Å². The molecule has 2 N–H and O–H groups in total. The fraction of sp³-hybridized carbons (Fsp3) is 0.282. The number of nitrogens with zero attached hydrogens (tertiary/aromatic N) is 2. The second-order valence-electron chi connectivity index (χ2n) is 13.2. The highest BCUT2D eigenvalue weighted by atomic mass is 16.2. The van der Waals surface area contributed by atoms with Crippen LogP contribution in [0.25, 0.3) is 11.1 Å². The Labute approximate surface area is 276 Å². The smallest absolute Gasteiger partial charge is 0.255 e. The zero-order chi connectivity index (χ0) is 33.9. The van der Waals surface area contributed by atoms with Gasteiger partial charge in [-0.1, -0.05) is 57.7 Å². The second-order valence-corrected chi connectivity index (χ2v) is 13.2. The van der Waals surface area contributed by atoms with Gasteiger partial charge in [-0.05, 0) is 95.5 Å². The van der Waals surface area contributed by atoms with Gasteiger partial charge in [0, 0.05) is 49.6 Å². The lowest BCUT2D eigenvalue weighted by molar-refractivity contribution is -0.111. The fourth-order valence-electron chi connectivity index (χ4n) is 5.94. The number of hydrogen-bond acceptors (Lipinski definition) is 4. The zero-order valence-corrected chi connectivity index (χ0v) is 27.8. The van der Waals surface area contributed by atoms with Crippen molar-refractivity contribution in [2.24, 2.45) is 7.05 Å². The highest BCUT2D eigenvalue weighted by Crippen LogP contribution is 2.30. The maximum atomic E-state index is 13.3. The van der Waals surface area contributed by atoms with Crippen LogP contribution in [0.15, 0.2) is 90.4 Å². The number of carbonyl (C=O) groups is 3. The Morgan fingerprint density at radius 2 is 1.62 bits per heavy atom. The Hall–Kier alpha value is -5.24. The van der Waals surface area contributed by atoms with Gasteiger partial charge in [0.05, 0.1) is 11.3 Å². The summed E-state index contributed by atoms with van der Waals surface area (Å²) in [5.74, 6) is -0.742. The molecule has 242 valence electrons. The summed E-state index contributed by atoms with van der Waals surface area (Å²) >= 11 is 0. The lowest BCUT2D eigenvalue weighted by Crippen LogP contribution is -2.28. The van der Waals surface area contributed by atoms with Crippen molar-refractivity contribution in [2.45, 2.75) is 52.4 Å². The summed E-state index contributed by atoms with van der Waals surface area (Å²) in [6.07, 6.45) is 5.15. The molecule has 3 aromatic carbocycles. The molecule has 0 bridgehead atoms. The van der Waals surface area contributed by atoms with Gasteiger partial charge in [0.15, 0.2) is 0 Å². The van der Waals surface area contributed by atoms with Gasteiger partial charge in [0.1, 0.15) is 0 Å². The third-order valence-electron chi connectivity index (χ3n) is 8.71. The first-order valence-electron chi connectivity index (χ1n) is 15.9. The molecule has 1 aliphatic heterocycles. The number of benzene rings is 3. The molecule has 0 aliphatic carbocycles. The van der Waals surface area contributed by atoms with Crippen molar-refractivity contribution in [2.75, 3.05) is 23.7 Å². The van der Waals surface area contributed by atoms with Crippen LogP contribution in [-0.4, -0.2) is 40.3 Å². The molecular weight excluding hydrogens is 588 g/mol. The molecule has 3 amide bonds. The lowest BCUT2D eigenvalue weighted by atomic mass is 9.86. The van der Waals surface area contributed by atoms with E-state index in [0.29, 0.717) is 41.2 Å². The number of amides is 3. The van der Waals surface area contributed by atoms with Gasteiger partial charge >= 0.3 is 0 Å². The monoisotopic (exact) mass is 630 g/mol. The molecule has 4 aromatic rings. The second kappa shape index (κ2) is 13.6. The van der Waals surface area contributed by atoms with Crippen LogP contribution in [0.2, 0.25) is 0 Å². The highest BCUT2D eigenvalue weighted by Gasteiger charge is 2.23. The number of hydrogen-bond donors (Lipinski definition) is 2. The Morgan fingerprint density at radius 1 is 0.915 bits per heavy atom. The van der Waals surface area contributed by atoms with E-state index in [4.69, 9.17) is 0 Å². The molecule has 0 spiro atoms. The maximum Gasteiger partial charge on any atom is 0.255 e. The van der Waals surface area contributed by atoms with E-state index in [2.05, 4.69) is 38.0 Å². The Morgan fingerprint density at radius 3 is 2.28 bits per heavy atom. The van der Waals surface area contributed by atoms with Crippen molar-refractivity contribution in [1.82, 2.24) is 9.47 Å². The van der Waals surface area contributed by atoms with Gasteiger partial charge in [-0.2, -0.15) is 0 Å². The number of aryl methyl sites for hydroxylation is 1. The molecule has 0 radical (unpaired) electrons. The first-order valence-corrected chi connectivity index (χ1v) is 15.9. The maximum absolute atomic E-state index is 13.3. The molecule has 1 saturated heterocycles. The normalized spacial score (nSPS) is 12.9. The summed E-state index contributed by atoms with van der Waals surface area (Å²) in [5, 5.41) is 5.84. The van der Waals surface area contributed by atoms with E-state index < -0.39 is 5.91 Å². The summed E-state index contributed by atoms with van der Waals surface area (Å²) in [6, 6.07) is 20.6. The minimum Gasteiger partial charge on any atom is -0.339 e. The summed E-state index contributed by atoms with van der Waals surface area (Å²) in [5.41, 5.74) is 6.96. The van der Waals surface area contributed by atoms with E-state index in [1.807, 2.05) is 61.5 Å². The lowest BCUT2D eigenvalue weighted by Gasteiger charge is -2.19. The van der Waals surface area contributed by atoms with Gasteiger partial charge in [-0.15, -0.1) is 0 Å². The van der Waals surface area contributed by atoms with E-state index >= 15 is 0 Å². The van der Waals surface area contributed by atoms with Crippen molar-refractivity contribution in [3.05, 3.63) is 129 Å². The van der Waals surface area contributed by atoms with Crippen LogP contribution in [0.1, 0.15) is 76.6 Å². The summed E-state index contributed by atoms with van der Waals surface area (Å²) < 4.78 is 1.55. The number of carbonyl (C=O) groups excluding carboxylic acids is 3. The molecule has 1 aliphatic rings. The van der Waals surface area contributed by atoms with Crippen molar-refractivity contribution in [3.8, 4) is 11.1 Å². The molecule has 0 atom stereocenters. The minimum absolute atomic E-state index is 0.00584. The van der Waals surface area contributed by atoms with Crippen molar-refractivity contribution < 1.29 is 14.4 Å². The topological polar surface area (TPSA) is 101 Å². The van der Waals surface area contributed by atoms with Crippen LogP contribution in [0.5, 0.6) is 0 Å². The molecule has 5 rings (SSSR count). The molecule has 0 unspecified atom stereocenters. The van der Waals surface area contributed by atoms with E-state index in [1.165, 1.54) is 0 Å². The molecule has 1 fully saturated rings. The van der Waals surface area contributed by atoms with Gasteiger partial charge in [-0.3, -0.25) is 19.2 Å². The Kier molecular flexibility index (Phi) is 9.61. The van der Waals surface area contributed by atoms with Crippen LogP contribution in [-0.2, 0) is 23.7 Å². The van der Waals surface area contributed by atoms with Gasteiger partial charge in [-0.25, -0.2) is 0 Å². The van der Waals surface area contributed by atoms with Crippen LogP contribution < -0.4 is 16.2 Å². The predicted octanol–water partition coefficient (Wildman–Crippen LogP) is 6.86. The van der Waals surface area contributed by atoms with Gasteiger partial charge < -0.3 is 20.1 Å². The molecule has 2 heterocycles. The largest absolute Gasteiger partial charge is 0.339 e.